The molecule has 0 radical (unpaired) electrons. The Morgan fingerprint density at radius 1 is 1.50 bits per heavy atom. The molecule has 2 atom stereocenters. The third-order valence-corrected chi connectivity index (χ3v) is 3.42. The fraction of sp³-hybridized carbons (Fsp3) is 0.500. The fourth-order valence-electron chi connectivity index (χ4n) is 2.22. The first kappa shape index (κ1) is 12.9. The molecule has 0 aliphatic carbocycles. The normalized spacial score (nSPS) is 23.6. The number of aromatic hydroxyl groups is 1. The zero-order valence-electron chi connectivity index (χ0n) is 10.6. The molecule has 1 amide bonds. The van der Waals surface area contributed by atoms with E-state index in [1.165, 1.54) is 6.07 Å². The van der Waals surface area contributed by atoms with Gasteiger partial charge < -0.3 is 15.7 Å². The molecule has 1 fully saturated rings. The Labute approximate surface area is 107 Å². The number of piperidine rings is 1. The van der Waals surface area contributed by atoms with Gasteiger partial charge in [-0.05, 0) is 50.4 Å². The van der Waals surface area contributed by atoms with E-state index in [1.807, 2.05) is 0 Å². The van der Waals surface area contributed by atoms with Crippen molar-refractivity contribution >= 4 is 5.91 Å². The van der Waals surface area contributed by atoms with E-state index >= 15 is 0 Å². The molecule has 0 spiro atoms. The average molecular weight is 248 g/mol. The van der Waals surface area contributed by atoms with Crippen LogP contribution in [0.25, 0.3) is 0 Å². The quantitative estimate of drug-likeness (QED) is 0.760. The van der Waals surface area contributed by atoms with Crippen LogP contribution in [0.1, 0.15) is 30.1 Å². The molecule has 2 rings (SSSR count). The van der Waals surface area contributed by atoms with Gasteiger partial charge in [-0.2, -0.15) is 0 Å². The van der Waals surface area contributed by atoms with Crippen molar-refractivity contribution in [2.24, 2.45) is 5.92 Å². The molecule has 4 nitrogen and oxygen atoms in total. The number of phenolic OH excluding ortho intramolecular Hbond substituents is 1. The molecule has 3 N–H and O–H groups in total. The van der Waals surface area contributed by atoms with Crippen molar-refractivity contribution in [1.29, 1.82) is 0 Å². The number of amides is 1. The van der Waals surface area contributed by atoms with Crippen LogP contribution in [0.4, 0.5) is 0 Å². The molecule has 1 aromatic rings. The Morgan fingerprint density at radius 3 is 3.00 bits per heavy atom. The summed E-state index contributed by atoms with van der Waals surface area (Å²) in [5.74, 6) is 0.503. The van der Waals surface area contributed by atoms with E-state index in [-0.39, 0.29) is 11.7 Å². The number of hydrogen-bond donors (Lipinski definition) is 3. The van der Waals surface area contributed by atoms with Crippen molar-refractivity contribution in [3.63, 3.8) is 0 Å². The van der Waals surface area contributed by atoms with Crippen molar-refractivity contribution in [2.45, 2.75) is 25.8 Å². The second-order valence-corrected chi connectivity index (χ2v) is 5.01. The summed E-state index contributed by atoms with van der Waals surface area (Å²) >= 11 is 0. The molecular weight excluding hydrogens is 228 g/mol. The minimum absolute atomic E-state index is 0.121. The van der Waals surface area contributed by atoms with Crippen LogP contribution in [-0.2, 0) is 0 Å². The van der Waals surface area contributed by atoms with Crippen molar-refractivity contribution in [3.05, 3.63) is 29.8 Å². The SMILES string of the molecule is CC1CCC(CNC(=O)c2cccc(O)c2)CN1. The Bertz CT molecular complexity index is 412. The van der Waals surface area contributed by atoms with Crippen LogP contribution in [0.3, 0.4) is 0 Å². The summed E-state index contributed by atoms with van der Waals surface area (Å²) in [6.45, 7) is 3.83. The lowest BCUT2D eigenvalue weighted by molar-refractivity contribution is 0.0943. The summed E-state index contributed by atoms with van der Waals surface area (Å²) in [5, 5.41) is 15.7. The molecule has 98 valence electrons. The highest BCUT2D eigenvalue weighted by atomic mass is 16.3. The third-order valence-electron chi connectivity index (χ3n) is 3.42. The van der Waals surface area contributed by atoms with Crippen molar-refractivity contribution in [1.82, 2.24) is 10.6 Å². The summed E-state index contributed by atoms with van der Waals surface area (Å²) in [6, 6.07) is 7.01. The van der Waals surface area contributed by atoms with Crippen LogP contribution in [0.5, 0.6) is 5.75 Å². The van der Waals surface area contributed by atoms with Gasteiger partial charge in [0.05, 0.1) is 0 Å². The van der Waals surface area contributed by atoms with Crippen LogP contribution >= 0.6 is 0 Å². The number of phenols is 1. The number of benzene rings is 1. The van der Waals surface area contributed by atoms with Crippen molar-refractivity contribution in [2.75, 3.05) is 13.1 Å². The molecule has 18 heavy (non-hydrogen) atoms. The predicted molar refractivity (Wildman–Crippen MR) is 70.6 cm³/mol. The maximum absolute atomic E-state index is 11.9. The molecule has 1 saturated heterocycles. The molecule has 2 unspecified atom stereocenters. The summed E-state index contributed by atoms with van der Waals surface area (Å²) in [7, 11) is 0. The molecule has 0 aromatic heterocycles. The molecule has 1 aliphatic heterocycles. The van der Waals surface area contributed by atoms with E-state index in [1.54, 1.807) is 18.2 Å². The molecule has 1 aromatic carbocycles. The largest absolute Gasteiger partial charge is 0.508 e. The highest BCUT2D eigenvalue weighted by Gasteiger charge is 2.18. The highest BCUT2D eigenvalue weighted by Crippen LogP contribution is 2.14. The van der Waals surface area contributed by atoms with Gasteiger partial charge >= 0.3 is 0 Å². The van der Waals surface area contributed by atoms with Gasteiger partial charge in [0.15, 0.2) is 0 Å². The van der Waals surface area contributed by atoms with Crippen LogP contribution < -0.4 is 10.6 Å². The maximum atomic E-state index is 11.9. The lowest BCUT2D eigenvalue weighted by atomic mass is 9.95. The first-order chi connectivity index (χ1) is 8.65. The smallest absolute Gasteiger partial charge is 0.251 e. The second kappa shape index (κ2) is 5.87. The number of carbonyl (C=O) groups excluding carboxylic acids is 1. The molecule has 0 bridgehead atoms. The monoisotopic (exact) mass is 248 g/mol. The van der Waals surface area contributed by atoms with Gasteiger partial charge in [-0.15, -0.1) is 0 Å². The highest BCUT2D eigenvalue weighted by molar-refractivity contribution is 5.94. The van der Waals surface area contributed by atoms with Gasteiger partial charge in [0.25, 0.3) is 5.91 Å². The van der Waals surface area contributed by atoms with E-state index < -0.39 is 0 Å². The molecule has 4 heteroatoms. The van der Waals surface area contributed by atoms with Gasteiger partial charge in [-0.3, -0.25) is 4.79 Å². The van der Waals surface area contributed by atoms with Gasteiger partial charge in [0.2, 0.25) is 0 Å². The van der Waals surface area contributed by atoms with Gasteiger partial charge in [-0.25, -0.2) is 0 Å². The third kappa shape index (κ3) is 3.47. The summed E-state index contributed by atoms with van der Waals surface area (Å²) < 4.78 is 0. The van der Waals surface area contributed by atoms with E-state index in [9.17, 15) is 9.90 Å². The Balaban J connectivity index is 1.81. The number of rotatable bonds is 3. The zero-order valence-corrected chi connectivity index (χ0v) is 10.6. The van der Waals surface area contributed by atoms with Gasteiger partial charge in [0.1, 0.15) is 5.75 Å². The molecule has 0 saturated carbocycles. The summed E-state index contributed by atoms with van der Waals surface area (Å²) in [5.41, 5.74) is 0.507. The minimum atomic E-state index is -0.121. The summed E-state index contributed by atoms with van der Waals surface area (Å²) in [6.07, 6.45) is 2.31. The lowest BCUT2D eigenvalue weighted by Crippen LogP contribution is -2.41. The molecular formula is C14H20N2O2. The van der Waals surface area contributed by atoms with E-state index in [0.29, 0.717) is 24.1 Å². The topological polar surface area (TPSA) is 61.4 Å². The maximum Gasteiger partial charge on any atom is 0.251 e. The number of hydrogen-bond acceptors (Lipinski definition) is 3. The van der Waals surface area contributed by atoms with E-state index in [2.05, 4.69) is 17.6 Å². The zero-order chi connectivity index (χ0) is 13.0. The lowest BCUT2D eigenvalue weighted by Gasteiger charge is -2.27. The molecule has 1 aliphatic rings. The fourth-order valence-corrected chi connectivity index (χ4v) is 2.22. The average Bonchev–Trinajstić information content (AvgIpc) is 2.38. The Morgan fingerprint density at radius 2 is 2.33 bits per heavy atom. The Hall–Kier alpha value is -1.55. The second-order valence-electron chi connectivity index (χ2n) is 5.01. The predicted octanol–water partition coefficient (Wildman–Crippen LogP) is 1.51. The first-order valence-electron chi connectivity index (χ1n) is 6.46. The Kier molecular flexibility index (Phi) is 4.20. The van der Waals surface area contributed by atoms with Crippen LogP contribution in [0.2, 0.25) is 0 Å². The van der Waals surface area contributed by atoms with Crippen LogP contribution in [0, 0.1) is 5.92 Å². The number of nitrogens with one attached hydrogen (secondary N) is 2. The van der Waals surface area contributed by atoms with E-state index in [0.717, 1.165) is 19.4 Å². The van der Waals surface area contributed by atoms with Gasteiger partial charge in [0, 0.05) is 18.2 Å². The summed E-state index contributed by atoms with van der Waals surface area (Å²) in [4.78, 5) is 11.9. The number of carbonyl (C=O) groups is 1. The van der Waals surface area contributed by atoms with Crippen molar-refractivity contribution < 1.29 is 9.90 Å². The van der Waals surface area contributed by atoms with Crippen LogP contribution in [-0.4, -0.2) is 30.1 Å². The van der Waals surface area contributed by atoms with Crippen molar-refractivity contribution in [3.8, 4) is 5.75 Å². The molecule has 1 heterocycles. The van der Waals surface area contributed by atoms with Crippen LogP contribution in [0.15, 0.2) is 24.3 Å². The van der Waals surface area contributed by atoms with E-state index in [4.69, 9.17) is 0 Å². The standard InChI is InChI=1S/C14H20N2O2/c1-10-5-6-11(8-15-10)9-16-14(18)12-3-2-4-13(17)7-12/h2-4,7,10-11,15,17H,5-6,8-9H2,1H3,(H,16,18). The minimum Gasteiger partial charge on any atom is -0.508 e. The van der Waals surface area contributed by atoms with Gasteiger partial charge in [-0.1, -0.05) is 6.07 Å². The first-order valence-corrected chi connectivity index (χ1v) is 6.46.